The molecule has 11 nitrogen and oxygen atoms in total. The zero-order chi connectivity index (χ0) is 34.6. The third-order valence-electron chi connectivity index (χ3n) is 10.2. The van der Waals surface area contributed by atoms with Gasteiger partial charge in [0.25, 0.3) is 0 Å². The van der Waals surface area contributed by atoms with Crippen molar-refractivity contribution in [2.75, 3.05) is 38.3 Å². The fourth-order valence-electron chi connectivity index (χ4n) is 7.77. The second-order valence-corrected chi connectivity index (χ2v) is 14.7. The van der Waals surface area contributed by atoms with Crippen LogP contribution in [-0.2, 0) is 22.4 Å². The number of hydrogen-bond acceptors (Lipinski definition) is 8. The van der Waals surface area contributed by atoms with Gasteiger partial charge in [-0.05, 0) is 93.0 Å². The van der Waals surface area contributed by atoms with Crippen LogP contribution in [0.2, 0.25) is 0 Å². The molecule has 0 unspecified atom stereocenters. The summed E-state index contributed by atoms with van der Waals surface area (Å²) in [4.78, 5) is 25.6. The molecule has 260 valence electrons. The van der Waals surface area contributed by atoms with E-state index in [-0.39, 0.29) is 11.2 Å². The van der Waals surface area contributed by atoms with E-state index in [9.17, 15) is 9.18 Å². The fraction of sp³-hybridized carbons (Fsp3) is 0.421. The fourth-order valence-corrected chi connectivity index (χ4v) is 7.77. The van der Waals surface area contributed by atoms with E-state index in [1.165, 1.54) is 12.1 Å². The van der Waals surface area contributed by atoms with Gasteiger partial charge in [-0.1, -0.05) is 24.3 Å². The van der Waals surface area contributed by atoms with Gasteiger partial charge in [0.05, 0.1) is 32.3 Å². The molecule has 1 saturated heterocycles. The number of imidazole rings is 1. The molecule has 1 amide bonds. The first-order valence-corrected chi connectivity index (χ1v) is 17.3. The SMILES string of the molecule is COc1ccc(Cn2nc(C3=CCOCC3)c3c2nc(N2CCC4(CC2)Cc2ccc(F)cc2[C@H]4OC(=O)NC(C)(C)C)n2ccnc32)cc1. The highest BCUT2D eigenvalue weighted by Gasteiger charge is 2.50. The van der Waals surface area contributed by atoms with E-state index in [0.29, 0.717) is 39.3 Å². The van der Waals surface area contributed by atoms with Crippen LogP contribution in [0, 0.1) is 11.2 Å². The largest absolute Gasteiger partial charge is 0.497 e. The van der Waals surface area contributed by atoms with Crippen molar-refractivity contribution in [3.63, 3.8) is 0 Å². The number of hydrogen-bond donors (Lipinski definition) is 1. The molecule has 1 spiro atoms. The Bertz CT molecular complexity index is 2110. The zero-order valence-electron chi connectivity index (χ0n) is 28.9. The molecule has 3 aromatic heterocycles. The number of benzene rings is 2. The maximum atomic E-state index is 14.5. The van der Waals surface area contributed by atoms with E-state index >= 15 is 0 Å². The Morgan fingerprint density at radius 3 is 2.64 bits per heavy atom. The highest BCUT2D eigenvalue weighted by molar-refractivity contribution is 5.99. The number of piperidine rings is 1. The number of halogens is 1. The topological polar surface area (TPSA) is 108 Å². The summed E-state index contributed by atoms with van der Waals surface area (Å²) >= 11 is 0. The smallest absolute Gasteiger partial charge is 0.408 e. The second-order valence-electron chi connectivity index (χ2n) is 14.7. The minimum atomic E-state index is -0.553. The molecule has 8 rings (SSSR count). The van der Waals surface area contributed by atoms with Gasteiger partial charge in [-0.15, -0.1) is 0 Å². The van der Waals surface area contributed by atoms with Crippen molar-refractivity contribution in [3.05, 3.63) is 89.1 Å². The van der Waals surface area contributed by atoms with Gasteiger partial charge in [0.2, 0.25) is 5.95 Å². The van der Waals surface area contributed by atoms with E-state index in [2.05, 4.69) is 20.7 Å². The number of carbonyl (C=O) groups excluding carboxylic acids is 1. The van der Waals surface area contributed by atoms with E-state index < -0.39 is 17.7 Å². The maximum Gasteiger partial charge on any atom is 0.408 e. The molecule has 0 bridgehead atoms. The Morgan fingerprint density at radius 2 is 1.92 bits per heavy atom. The molecular weight excluding hydrogens is 637 g/mol. The molecular formula is C38H42FN7O4. The summed E-state index contributed by atoms with van der Waals surface area (Å²) in [5.41, 5.74) is 5.63. The van der Waals surface area contributed by atoms with Crippen molar-refractivity contribution < 1.29 is 23.4 Å². The lowest BCUT2D eigenvalue weighted by Crippen LogP contribution is -2.46. The molecule has 0 radical (unpaired) electrons. The molecule has 5 heterocycles. The minimum Gasteiger partial charge on any atom is -0.497 e. The van der Waals surface area contributed by atoms with Gasteiger partial charge < -0.3 is 24.4 Å². The predicted molar refractivity (Wildman–Crippen MR) is 188 cm³/mol. The van der Waals surface area contributed by atoms with Gasteiger partial charge in [-0.25, -0.2) is 18.9 Å². The van der Waals surface area contributed by atoms with Gasteiger partial charge in [0, 0.05) is 36.4 Å². The van der Waals surface area contributed by atoms with Crippen LogP contribution in [0.15, 0.2) is 60.9 Å². The molecule has 1 N–H and O–H groups in total. The lowest BCUT2D eigenvalue weighted by molar-refractivity contribution is -0.00263. The molecule has 12 heteroatoms. The van der Waals surface area contributed by atoms with Crippen molar-refractivity contribution in [1.29, 1.82) is 0 Å². The first kappa shape index (κ1) is 32.2. The van der Waals surface area contributed by atoms with Gasteiger partial charge in [-0.3, -0.25) is 4.40 Å². The minimum absolute atomic E-state index is 0.329. The summed E-state index contributed by atoms with van der Waals surface area (Å²) in [5.74, 6) is 1.26. The normalized spacial score (nSPS) is 18.8. The number of aromatic nitrogens is 5. The van der Waals surface area contributed by atoms with Crippen LogP contribution in [0.4, 0.5) is 15.1 Å². The number of methoxy groups -OCH3 is 1. The Balaban J connectivity index is 1.15. The number of fused-ring (bicyclic) bond motifs is 4. The Labute approximate surface area is 290 Å². The van der Waals surface area contributed by atoms with Gasteiger partial charge in [-0.2, -0.15) is 10.1 Å². The molecule has 1 aliphatic carbocycles. The summed E-state index contributed by atoms with van der Waals surface area (Å²) in [6.45, 7) is 8.81. The first-order valence-electron chi connectivity index (χ1n) is 17.3. The van der Waals surface area contributed by atoms with Crippen LogP contribution in [0.3, 0.4) is 0 Å². The highest BCUT2D eigenvalue weighted by atomic mass is 19.1. The number of carbonyl (C=O) groups is 1. The van der Waals surface area contributed by atoms with Gasteiger partial charge >= 0.3 is 6.09 Å². The van der Waals surface area contributed by atoms with E-state index in [0.717, 1.165) is 75.6 Å². The van der Waals surface area contributed by atoms with Crippen molar-refractivity contribution in [2.24, 2.45) is 5.41 Å². The zero-order valence-corrected chi connectivity index (χ0v) is 28.9. The monoisotopic (exact) mass is 679 g/mol. The summed E-state index contributed by atoms with van der Waals surface area (Å²) in [6.07, 6.45) is 7.78. The maximum absolute atomic E-state index is 14.5. The van der Waals surface area contributed by atoms with Gasteiger partial charge in [0.1, 0.15) is 23.4 Å². The van der Waals surface area contributed by atoms with Crippen LogP contribution >= 0.6 is 0 Å². The second kappa shape index (κ2) is 12.4. The summed E-state index contributed by atoms with van der Waals surface area (Å²) < 4.78 is 35.8. The predicted octanol–water partition coefficient (Wildman–Crippen LogP) is 6.49. The average molecular weight is 680 g/mol. The van der Waals surface area contributed by atoms with Crippen molar-refractivity contribution in [1.82, 2.24) is 29.5 Å². The molecule has 1 fully saturated rings. The van der Waals surface area contributed by atoms with Crippen LogP contribution < -0.4 is 15.0 Å². The Kier molecular flexibility index (Phi) is 8.01. The number of nitrogens with one attached hydrogen (secondary N) is 1. The molecule has 50 heavy (non-hydrogen) atoms. The molecule has 3 aliphatic rings. The average Bonchev–Trinajstić information content (AvgIpc) is 3.80. The molecule has 0 saturated carbocycles. The number of nitrogens with zero attached hydrogens (tertiary/aromatic N) is 6. The third kappa shape index (κ3) is 5.85. The van der Waals surface area contributed by atoms with Crippen LogP contribution in [0.1, 0.15) is 68.5 Å². The highest BCUT2D eigenvalue weighted by Crippen LogP contribution is 2.54. The summed E-state index contributed by atoms with van der Waals surface area (Å²) in [5, 5.41) is 9.00. The van der Waals surface area contributed by atoms with Crippen molar-refractivity contribution in [3.8, 4) is 5.75 Å². The lowest BCUT2D eigenvalue weighted by Gasteiger charge is -2.43. The number of alkyl carbamates (subject to hydrolysis) is 1. The Morgan fingerprint density at radius 1 is 1.12 bits per heavy atom. The number of anilines is 1. The quantitative estimate of drug-likeness (QED) is 0.217. The molecule has 1 atom stereocenters. The number of ether oxygens (including phenoxy) is 3. The van der Waals surface area contributed by atoms with Crippen molar-refractivity contribution >= 4 is 34.3 Å². The standard InChI is InChI=1S/C38H42FN7O4/c1-37(2,3)42-36(47)50-32-29-21-27(39)8-7-26(29)22-38(32)13-16-44(17-14-38)35-41-34-30(33-40-15-18-45(33)35)31(25-11-19-49-20-12-25)43-46(34)23-24-5-9-28(48-4)10-6-24/h5-11,15,18,21,32H,12-14,16-17,19-20,22-23H2,1-4H3,(H,42,47)/t32-/m1/s1. The Hall–Kier alpha value is -4.97. The molecule has 2 aliphatic heterocycles. The lowest BCUT2D eigenvalue weighted by atomic mass is 9.74. The molecule has 2 aromatic carbocycles. The first-order chi connectivity index (χ1) is 24.1. The van der Waals surface area contributed by atoms with Gasteiger partial charge in [0.15, 0.2) is 11.3 Å². The van der Waals surface area contributed by atoms with Crippen LogP contribution in [0.25, 0.3) is 22.3 Å². The third-order valence-corrected chi connectivity index (χ3v) is 10.2. The number of amides is 1. The van der Waals surface area contributed by atoms with E-state index in [1.54, 1.807) is 7.11 Å². The van der Waals surface area contributed by atoms with E-state index in [1.807, 2.05) is 68.2 Å². The molecule has 5 aromatic rings. The van der Waals surface area contributed by atoms with Crippen LogP contribution in [0.5, 0.6) is 5.75 Å². The summed E-state index contributed by atoms with van der Waals surface area (Å²) in [6, 6.07) is 12.9. The summed E-state index contributed by atoms with van der Waals surface area (Å²) in [7, 11) is 1.66. The number of rotatable bonds is 6. The van der Waals surface area contributed by atoms with Crippen molar-refractivity contribution in [2.45, 2.75) is 64.6 Å². The van der Waals surface area contributed by atoms with Crippen LogP contribution in [-0.4, -0.2) is 69.2 Å². The van der Waals surface area contributed by atoms with E-state index in [4.69, 9.17) is 29.3 Å².